The van der Waals surface area contributed by atoms with Gasteiger partial charge in [-0.1, -0.05) is 94.9 Å². The summed E-state index contributed by atoms with van der Waals surface area (Å²) >= 11 is 25.8. The smallest absolute Gasteiger partial charge is 0.0589 e. The fourth-order valence-electron chi connectivity index (χ4n) is 4.92. The number of hydrogen-bond donors (Lipinski definition) is 0. The van der Waals surface area contributed by atoms with Crippen molar-refractivity contribution in [3.05, 3.63) is 140 Å². The lowest BCUT2D eigenvalue weighted by molar-refractivity contribution is 0.836. The van der Waals surface area contributed by atoms with E-state index in [-0.39, 0.29) is 0 Å². The Morgan fingerprint density at radius 1 is 0.500 bits per heavy atom. The third-order valence-electron chi connectivity index (χ3n) is 6.88. The topological polar surface area (TPSA) is 34.6 Å². The summed E-state index contributed by atoms with van der Waals surface area (Å²) in [5, 5.41) is 13.5. The average molecular weight is 604 g/mol. The molecular formula is C32H22Cl4N4. The standard InChI is InChI=1S/C32H22Cl4N4/c33-27-9-5-10-28(34)25(27)19-39-17-21(23-7-1-3-13-31(23)39)15-37-38-16-22-18-40(32-14-4-2-8-24(22)32)20-26-29(35)11-6-12-30(26)36/h1-18H,19-20H2/b37-15+,38-16+. The zero-order chi connectivity index (χ0) is 27.6. The second-order valence-electron chi connectivity index (χ2n) is 9.35. The van der Waals surface area contributed by atoms with Crippen LogP contribution in [0.2, 0.25) is 20.1 Å². The van der Waals surface area contributed by atoms with Crippen molar-refractivity contribution in [1.82, 2.24) is 9.13 Å². The van der Waals surface area contributed by atoms with Crippen LogP contribution in [-0.4, -0.2) is 21.6 Å². The molecule has 2 aromatic heterocycles. The molecule has 0 fully saturated rings. The summed E-state index contributed by atoms with van der Waals surface area (Å²) in [4.78, 5) is 0. The van der Waals surface area contributed by atoms with E-state index in [1.54, 1.807) is 12.4 Å². The van der Waals surface area contributed by atoms with Gasteiger partial charge >= 0.3 is 0 Å². The summed E-state index contributed by atoms with van der Waals surface area (Å²) in [6.07, 6.45) is 7.63. The summed E-state index contributed by atoms with van der Waals surface area (Å²) in [5.74, 6) is 0. The van der Waals surface area contributed by atoms with E-state index < -0.39 is 0 Å². The second kappa shape index (κ2) is 11.5. The monoisotopic (exact) mass is 602 g/mol. The van der Waals surface area contributed by atoms with E-state index in [1.165, 1.54) is 0 Å². The maximum Gasteiger partial charge on any atom is 0.0589 e. The van der Waals surface area contributed by atoms with Gasteiger partial charge in [-0.05, 0) is 36.4 Å². The maximum atomic E-state index is 6.44. The fraction of sp³-hybridized carbons (Fsp3) is 0.0625. The highest BCUT2D eigenvalue weighted by Gasteiger charge is 2.12. The molecule has 198 valence electrons. The minimum atomic E-state index is 0.547. The van der Waals surface area contributed by atoms with Crippen molar-refractivity contribution in [3.8, 4) is 0 Å². The number of rotatable bonds is 7. The Balaban J connectivity index is 1.29. The normalized spacial score (nSPS) is 12.0. The Bertz CT molecular complexity index is 1740. The molecule has 0 unspecified atom stereocenters. The SMILES string of the molecule is Clc1cccc(Cl)c1Cn1cc(/C=N/N=C/c2cn(Cc3c(Cl)cccc3Cl)c3ccccc23)c2ccccc21. The lowest BCUT2D eigenvalue weighted by atomic mass is 10.2. The molecule has 0 radical (unpaired) electrons. The van der Waals surface area contributed by atoms with Gasteiger partial charge in [0.05, 0.1) is 25.5 Å². The van der Waals surface area contributed by atoms with Gasteiger partial charge in [-0.3, -0.25) is 0 Å². The molecule has 4 nitrogen and oxygen atoms in total. The fourth-order valence-corrected chi connectivity index (χ4v) is 5.95. The Morgan fingerprint density at radius 3 is 1.27 bits per heavy atom. The Morgan fingerprint density at radius 2 is 0.875 bits per heavy atom. The van der Waals surface area contributed by atoms with Crippen LogP contribution in [-0.2, 0) is 13.1 Å². The van der Waals surface area contributed by atoms with Crippen molar-refractivity contribution in [1.29, 1.82) is 0 Å². The van der Waals surface area contributed by atoms with Crippen LogP contribution in [0.1, 0.15) is 22.3 Å². The van der Waals surface area contributed by atoms with Gasteiger partial charge in [0.25, 0.3) is 0 Å². The van der Waals surface area contributed by atoms with Crippen LogP contribution >= 0.6 is 46.4 Å². The lowest BCUT2D eigenvalue weighted by Crippen LogP contribution is -1.99. The van der Waals surface area contributed by atoms with Crippen LogP contribution in [0, 0.1) is 0 Å². The van der Waals surface area contributed by atoms with Crippen LogP contribution in [0.3, 0.4) is 0 Å². The molecule has 0 aliphatic rings. The number of fused-ring (bicyclic) bond motifs is 2. The molecule has 4 aromatic carbocycles. The average Bonchev–Trinajstić information content (AvgIpc) is 3.49. The van der Waals surface area contributed by atoms with Gasteiger partial charge in [-0.15, -0.1) is 0 Å². The highest BCUT2D eigenvalue weighted by molar-refractivity contribution is 6.36. The van der Waals surface area contributed by atoms with Crippen molar-refractivity contribution < 1.29 is 0 Å². The maximum absolute atomic E-state index is 6.44. The summed E-state index contributed by atoms with van der Waals surface area (Å²) < 4.78 is 4.25. The van der Waals surface area contributed by atoms with Gasteiger partial charge in [0.1, 0.15) is 0 Å². The molecule has 8 heteroatoms. The quantitative estimate of drug-likeness (QED) is 0.129. The Hall–Kier alpha value is -3.54. The number of nitrogens with zero attached hydrogens (tertiary/aromatic N) is 4. The van der Waals surface area contributed by atoms with Crippen molar-refractivity contribution in [2.45, 2.75) is 13.1 Å². The molecule has 0 N–H and O–H groups in total. The summed E-state index contributed by atoms with van der Waals surface area (Å²) in [6.45, 7) is 1.09. The molecule has 0 bridgehead atoms. The minimum Gasteiger partial charge on any atom is -0.342 e. The molecular weight excluding hydrogens is 582 g/mol. The predicted molar refractivity (Wildman–Crippen MR) is 170 cm³/mol. The molecule has 6 rings (SSSR count). The first-order valence-electron chi connectivity index (χ1n) is 12.6. The third kappa shape index (κ3) is 5.28. The zero-order valence-corrected chi connectivity index (χ0v) is 24.1. The first-order valence-corrected chi connectivity index (χ1v) is 14.1. The Kier molecular flexibility index (Phi) is 7.68. The number of halogens is 4. The van der Waals surface area contributed by atoms with Crippen molar-refractivity contribution in [2.75, 3.05) is 0 Å². The molecule has 0 spiro atoms. The highest BCUT2D eigenvalue weighted by atomic mass is 35.5. The number of benzene rings is 4. The highest BCUT2D eigenvalue weighted by Crippen LogP contribution is 2.29. The van der Waals surface area contributed by atoms with E-state index in [0.717, 1.165) is 44.1 Å². The van der Waals surface area contributed by atoms with Crippen molar-refractivity contribution in [3.63, 3.8) is 0 Å². The molecule has 2 heterocycles. The molecule has 0 saturated carbocycles. The van der Waals surface area contributed by atoms with Crippen molar-refractivity contribution in [2.24, 2.45) is 10.2 Å². The van der Waals surface area contributed by atoms with E-state index in [2.05, 4.69) is 43.6 Å². The largest absolute Gasteiger partial charge is 0.342 e. The van der Waals surface area contributed by atoms with E-state index >= 15 is 0 Å². The van der Waals surface area contributed by atoms with E-state index in [0.29, 0.717) is 33.2 Å². The van der Waals surface area contributed by atoms with E-state index in [4.69, 9.17) is 46.4 Å². The molecule has 40 heavy (non-hydrogen) atoms. The molecule has 0 aliphatic heterocycles. The third-order valence-corrected chi connectivity index (χ3v) is 8.30. The van der Waals surface area contributed by atoms with E-state index in [9.17, 15) is 0 Å². The molecule has 6 aromatic rings. The van der Waals surface area contributed by atoms with Gasteiger partial charge in [0, 0.05) is 76.5 Å². The van der Waals surface area contributed by atoms with E-state index in [1.807, 2.05) is 73.1 Å². The minimum absolute atomic E-state index is 0.547. The summed E-state index contributed by atoms with van der Waals surface area (Å²) in [5.41, 5.74) is 5.78. The molecule has 0 aliphatic carbocycles. The molecule has 0 amide bonds. The number of para-hydroxylation sites is 2. The number of aromatic nitrogens is 2. The van der Waals surface area contributed by atoms with Crippen molar-refractivity contribution >= 4 is 80.6 Å². The van der Waals surface area contributed by atoms with Gasteiger partial charge in [0.15, 0.2) is 0 Å². The summed E-state index contributed by atoms with van der Waals surface area (Å²) in [6, 6.07) is 27.4. The first kappa shape index (κ1) is 26.7. The summed E-state index contributed by atoms with van der Waals surface area (Å²) in [7, 11) is 0. The molecule has 0 atom stereocenters. The van der Waals surface area contributed by atoms with Crippen LogP contribution in [0.25, 0.3) is 21.8 Å². The van der Waals surface area contributed by atoms with Gasteiger partial charge < -0.3 is 9.13 Å². The lowest BCUT2D eigenvalue weighted by Gasteiger charge is -2.09. The predicted octanol–water partition coefficient (Wildman–Crippen LogP) is 9.76. The van der Waals surface area contributed by atoms with Crippen LogP contribution in [0.4, 0.5) is 0 Å². The van der Waals surface area contributed by atoms with Gasteiger partial charge in [0.2, 0.25) is 0 Å². The van der Waals surface area contributed by atoms with Gasteiger partial charge in [-0.25, -0.2) is 0 Å². The first-order chi connectivity index (χ1) is 19.5. The molecule has 0 saturated heterocycles. The Labute approximate surface area is 251 Å². The van der Waals surface area contributed by atoms with Gasteiger partial charge in [-0.2, -0.15) is 10.2 Å². The van der Waals surface area contributed by atoms with Crippen LogP contribution in [0.5, 0.6) is 0 Å². The zero-order valence-electron chi connectivity index (χ0n) is 21.1. The van der Waals surface area contributed by atoms with Crippen LogP contribution < -0.4 is 0 Å². The van der Waals surface area contributed by atoms with Crippen LogP contribution in [0.15, 0.2) is 108 Å². The number of hydrogen-bond acceptors (Lipinski definition) is 2. The second-order valence-corrected chi connectivity index (χ2v) is 11.0.